The fourth-order valence-electron chi connectivity index (χ4n) is 1.97. The van der Waals surface area contributed by atoms with Gasteiger partial charge in [-0.25, -0.2) is 0 Å². The van der Waals surface area contributed by atoms with Gasteiger partial charge in [0.1, 0.15) is 5.01 Å². The number of aryl methyl sites for hydroxylation is 2. The van der Waals surface area contributed by atoms with Crippen molar-refractivity contribution in [3.05, 3.63) is 34.8 Å². The highest BCUT2D eigenvalue weighted by atomic mass is 32.1. The van der Waals surface area contributed by atoms with E-state index in [1.54, 1.807) is 19.1 Å². The summed E-state index contributed by atoms with van der Waals surface area (Å²) >= 11 is 1.28. The molecule has 8 nitrogen and oxygen atoms in total. The molecule has 0 aliphatic rings. The minimum absolute atomic E-state index is 0.0559. The Morgan fingerprint density at radius 2 is 1.73 bits per heavy atom. The second-order valence-corrected chi connectivity index (χ2v) is 6.78. The summed E-state index contributed by atoms with van der Waals surface area (Å²) in [4.78, 5) is 35.1. The van der Waals surface area contributed by atoms with Crippen LogP contribution in [0.4, 0.5) is 10.8 Å². The van der Waals surface area contributed by atoms with E-state index in [4.69, 9.17) is 4.74 Å². The number of esters is 1. The lowest BCUT2D eigenvalue weighted by molar-refractivity contribution is -0.147. The van der Waals surface area contributed by atoms with E-state index in [1.807, 2.05) is 19.1 Å². The van der Waals surface area contributed by atoms with Gasteiger partial charge in [0.05, 0.1) is 0 Å². The molecule has 2 rings (SSSR count). The maximum absolute atomic E-state index is 11.7. The van der Waals surface area contributed by atoms with Crippen LogP contribution in [0.2, 0.25) is 0 Å². The van der Waals surface area contributed by atoms with Crippen LogP contribution >= 0.6 is 11.3 Å². The quantitative estimate of drug-likeness (QED) is 0.685. The number of hydrogen-bond donors (Lipinski definition) is 2. The standard InChI is InChI=1S/C17H20N4O4S/c1-11-6-8-13(9-7-11)18-15(23)10-25-16(24)5-3-4-14(22)19-17-21-20-12(2)26-17/h6-9H,3-5,10H2,1-2H3,(H,18,23)(H,19,21,22). The number of rotatable bonds is 8. The summed E-state index contributed by atoms with van der Waals surface area (Å²) in [6.45, 7) is 3.38. The fraction of sp³-hybridized carbons (Fsp3) is 0.353. The van der Waals surface area contributed by atoms with Gasteiger partial charge in [-0.15, -0.1) is 10.2 Å². The molecule has 0 saturated heterocycles. The molecular weight excluding hydrogens is 356 g/mol. The Morgan fingerprint density at radius 3 is 2.38 bits per heavy atom. The number of aromatic nitrogens is 2. The normalized spacial score (nSPS) is 10.2. The van der Waals surface area contributed by atoms with Crippen LogP contribution < -0.4 is 10.6 Å². The van der Waals surface area contributed by atoms with Crippen molar-refractivity contribution in [1.82, 2.24) is 10.2 Å². The number of anilines is 2. The molecule has 0 aliphatic heterocycles. The number of hydrogen-bond acceptors (Lipinski definition) is 7. The first-order valence-corrected chi connectivity index (χ1v) is 8.86. The summed E-state index contributed by atoms with van der Waals surface area (Å²) in [5.74, 6) is -1.18. The predicted molar refractivity (Wildman–Crippen MR) is 97.9 cm³/mol. The SMILES string of the molecule is Cc1ccc(NC(=O)COC(=O)CCCC(=O)Nc2nnc(C)s2)cc1. The Bertz CT molecular complexity index is 773. The lowest BCUT2D eigenvalue weighted by Gasteiger charge is -2.07. The molecule has 0 aliphatic carbocycles. The Labute approximate surface area is 155 Å². The molecule has 138 valence electrons. The number of carbonyl (C=O) groups excluding carboxylic acids is 3. The summed E-state index contributed by atoms with van der Waals surface area (Å²) in [6, 6.07) is 7.28. The van der Waals surface area contributed by atoms with Gasteiger partial charge >= 0.3 is 5.97 Å². The topological polar surface area (TPSA) is 110 Å². The zero-order valence-electron chi connectivity index (χ0n) is 14.6. The molecule has 1 aromatic carbocycles. The third-order valence-corrected chi connectivity index (χ3v) is 4.01. The van der Waals surface area contributed by atoms with Gasteiger partial charge in [0.25, 0.3) is 5.91 Å². The van der Waals surface area contributed by atoms with Crippen molar-refractivity contribution < 1.29 is 19.1 Å². The molecule has 0 unspecified atom stereocenters. The average Bonchev–Trinajstić information content (AvgIpc) is 3.00. The van der Waals surface area contributed by atoms with Gasteiger partial charge in [0.15, 0.2) is 6.61 Å². The number of nitrogens with zero attached hydrogens (tertiary/aromatic N) is 2. The Morgan fingerprint density at radius 1 is 1.00 bits per heavy atom. The summed E-state index contributed by atoms with van der Waals surface area (Å²) in [5, 5.41) is 14.0. The molecule has 9 heteroatoms. The maximum Gasteiger partial charge on any atom is 0.306 e. The highest BCUT2D eigenvalue weighted by molar-refractivity contribution is 7.15. The van der Waals surface area contributed by atoms with Crippen LogP contribution in [0.1, 0.15) is 29.8 Å². The van der Waals surface area contributed by atoms with Gasteiger partial charge in [-0.2, -0.15) is 0 Å². The predicted octanol–water partition coefficient (Wildman–Crippen LogP) is 2.45. The zero-order chi connectivity index (χ0) is 18.9. The van der Waals surface area contributed by atoms with E-state index < -0.39 is 11.9 Å². The van der Waals surface area contributed by atoms with Crippen LogP contribution in [0.3, 0.4) is 0 Å². The number of nitrogens with one attached hydrogen (secondary N) is 2. The summed E-state index contributed by atoms with van der Waals surface area (Å²) in [6.07, 6.45) is 0.533. The van der Waals surface area contributed by atoms with Crippen molar-refractivity contribution in [3.8, 4) is 0 Å². The van der Waals surface area contributed by atoms with Gasteiger partial charge in [0, 0.05) is 18.5 Å². The van der Waals surface area contributed by atoms with Crippen LogP contribution in [0.25, 0.3) is 0 Å². The van der Waals surface area contributed by atoms with E-state index in [-0.39, 0.29) is 25.4 Å². The zero-order valence-corrected chi connectivity index (χ0v) is 15.4. The van der Waals surface area contributed by atoms with Crippen molar-refractivity contribution in [3.63, 3.8) is 0 Å². The lowest BCUT2D eigenvalue weighted by Crippen LogP contribution is -2.21. The minimum atomic E-state index is -0.524. The van der Waals surface area contributed by atoms with E-state index in [9.17, 15) is 14.4 Å². The van der Waals surface area contributed by atoms with Crippen LogP contribution in [-0.2, 0) is 19.1 Å². The van der Waals surface area contributed by atoms with Crippen molar-refractivity contribution in [2.24, 2.45) is 0 Å². The Kier molecular flexibility index (Phi) is 7.22. The highest BCUT2D eigenvalue weighted by Gasteiger charge is 2.10. The summed E-state index contributed by atoms with van der Waals surface area (Å²) in [5.41, 5.74) is 1.72. The van der Waals surface area contributed by atoms with Gasteiger partial charge < -0.3 is 15.4 Å². The van der Waals surface area contributed by atoms with Crippen LogP contribution in [0.15, 0.2) is 24.3 Å². The molecule has 0 radical (unpaired) electrons. The van der Waals surface area contributed by atoms with Crippen molar-refractivity contribution in [2.75, 3.05) is 17.2 Å². The summed E-state index contributed by atoms with van der Waals surface area (Å²) < 4.78 is 4.90. The largest absolute Gasteiger partial charge is 0.456 e. The molecule has 0 spiro atoms. The second-order valence-electron chi connectivity index (χ2n) is 5.60. The number of benzene rings is 1. The molecule has 1 aromatic heterocycles. The Balaban J connectivity index is 1.60. The Hall–Kier alpha value is -2.81. The molecule has 0 bridgehead atoms. The molecule has 26 heavy (non-hydrogen) atoms. The first-order valence-electron chi connectivity index (χ1n) is 8.04. The monoisotopic (exact) mass is 376 g/mol. The van der Waals surface area contributed by atoms with Gasteiger partial charge in [-0.1, -0.05) is 29.0 Å². The van der Waals surface area contributed by atoms with Crippen LogP contribution in [0, 0.1) is 13.8 Å². The molecule has 1 heterocycles. The van der Waals surface area contributed by atoms with Gasteiger partial charge in [0.2, 0.25) is 11.0 Å². The molecule has 0 saturated carbocycles. The van der Waals surface area contributed by atoms with Gasteiger partial charge in [-0.3, -0.25) is 14.4 Å². The van der Waals surface area contributed by atoms with Crippen molar-refractivity contribution in [1.29, 1.82) is 0 Å². The van der Waals surface area contributed by atoms with E-state index >= 15 is 0 Å². The first kappa shape index (κ1) is 19.5. The molecule has 2 amide bonds. The molecule has 2 N–H and O–H groups in total. The summed E-state index contributed by atoms with van der Waals surface area (Å²) in [7, 11) is 0. The molecule has 2 aromatic rings. The van der Waals surface area contributed by atoms with E-state index in [1.165, 1.54) is 11.3 Å². The van der Waals surface area contributed by atoms with E-state index in [0.29, 0.717) is 17.2 Å². The fourth-order valence-corrected chi connectivity index (χ4v) is 2.58. The maximum atomic E-state index is 11.7. The molecular formula is C17H20N4O4S. The smallest absolute Gasteiger partial charge is 0.306 e. The third kappa shape index (κ3) is 6.98. The lowest BCUT2D eigenvalue weighted by atomic mass is 10.2. The van der Waals surface area contributed by atoms with Gasteiger partial charge in [-0.05, 0) is 32.4 Å². The molecule has 0 atom stereocenters. The third-order valence-electron chi connectivity index (χ3n) is 3.26. The van der Waals surface area contributed by atoms with Crippen molar-refractivity contribution in [2.45, 2.75) is 33.1 Å². The second kappa shape index (κ2) is 9.62. The number of amides is 2. The van der Waals surface area contributed by atoms with Crippen molar-refractivity contribution >= 4 is 39.9 Å². The number of ether oxygens (including phenoxy) is 1. The number of carbonyl (C=O) groups is 3. The highest BCUT2D eigenvalue weighted by Crippen LogP contribution is 2.14. The van der Waals surface area contributed by atoms with E-state index in [0.717, 1.165) is 10.6 Å². The average molecular weight is 376 g/mol. The first-order chi connectivity index (χ1) is 12.4. The van der Waals surface area contributed by atoms with E-state index in [2.05, 4.69) is 20.8 Å². The minimum Gasteiger partial charge on any atom is -0.456 e. The molecule has 0 fully saturated rings. The van der Waals surface area contributed by atoms with Crippen LogP contribution in [-0.4, -0.2) is 34.6 Å². The van der Waals surface area contributed by atoms with Crippen LogP contribution in [0.5, 0.6) is 0 Å².